The largest absolute Gasteiger partial charge is 0.466 e. The van der Waals surface area contributed by atoms with Crippen molar-refractivity contribution in [3.8, 4) is 0 Å². The molecule has 1 aliphatic heterocycles. The number of Topliss-reactive ketones (excluding diaryl/α,β-unsaturated/α-hetero) is 1. The number of nitrogens with one attached hydrogen (secondary N) is 1. The third-order valence-electron chi connectivity index (χ3n) is 5.21. The molecule has 1 N–H and O–H groups in total. The maximum absolute atomic E-state index is 13.2. The minimum atomic E-state index is -1.23. The van der Waals surface area contributed by atoms with Crippen molar-refractivity contribution in [2.24, 2.45) is 11.8 Å². The number of esters is 1. The van der Waals surface area contributed by atoms with Crippen molar-refractivity contribution >= 4 is 50.9 Å². The third-order valence-corrected chi connectivity index (χ3v) is 5.95. The molecule has 2 aromatic carbocycles. The van der Waals surface area contributed by atoms with E-state index in [4.69, 9.17) is 16.3 Å². The number of ketones is 1. The molecule has 5 nitrogen and oxygen atoms in total. The van der Waals surface area contributed by atoms with Gasteiger partial charge in [-0.2, -0.15) is 0 Å². The summed E-state index contributed by atoms with van der Waals surface area (Å²) in [7, 11) is 0. The molecule has 0 bridgehead atoms. The van der Waals surface area contributed by atoms with Gasteiger partial charge in [-0.15, -0.1) is 0 Å². The van der Waals surface area contributed by atoms with Crippen LogP contribution in [-0.4, -0.2) is 24.3 Å². The summed E-state index contributed by atoms with van der Waals surface area (Å²) in [5, 5.41) is 3.32. The van der Waals surface area contributed by atoms with Crippen molar-refractivity contribution in [3.63, 3.8) is 0 Å². The fraction of sp³-hybridized carbons (Fsp3) is 0.250. The summed E-state index contributed by atoms with van der Waals surface area (Å²) in [5.41, 5.74) is 0.435. The summed E-state index contributed by atoms with van der Waals surface area (Å²) in [6.45, 7) is 1.88. The Balaban J connectivity index is 1.82. The van der Waals surface area contributed by atoms with E-state index in [1.165, 1.54) is 0 Å². The first kappa shape index (κ1) is 18.2. The Morgan fingerprint density at radius 2 is 1.89 bits per heavy atom. The summed E-state index contributed by atoms with van der Waals surface area (Å²) < 4.78 is 5.95. The van der Waals surface area contributed by atoms with Gasteiger partial charge in [-0.25, -0.2) is 0 Å². The van der Waals surface area contributed by atoms with Gasteiger partial charge in [-0.1, -0.05) is 27.5 Å². The Kier molecular flexibility index (Phi) is 4.35. The van der Waals surface area contributed by atoms with Crippen molar-refractivity contribution in [2.75, 3.05) is 11.9 Å². The average Bonchev–Trinajstić information content (AvgIpc) is 3.26. The summed E-state index contributed by atoms with van der Waals surface area (Å²) >= 11 is 9.31. The molecule has 1 amide bonds. The van der Waals surface area contributed by atoms with Gasteiger partial charge in [0.15, 0.2) is 5.78 Å². The number of carbonyl (C=O) groups excluding carboxylic acids is 3. The first-order chi connectivity index (χ1) is 12.9. The quantitative estimate of drug-likeness (QED) is 0.567. The van der Waals surface area contributed by atoms with Gasteiger partial charge in [-0.3, -0.25) is 14.4 Å². The molecule has 0 aromatic heterocycles. The van der Waals surface area contributed by atoms with Crippen LogP contribution in [0, 0.1) is 11.8 Å². The number of halogens is 2. The first-order valence-electron chi connectivity index (χ1n) is 8.49. The Labute approximate surface area is 169 Å². The van der Waals surface area contributed by atoms with Gasteiger partial charge in [-0.05, 0) is 55.0 Å². The van der Waals surface area contributed by atoms with Gasteiger partial charge in [0.2, 0.25) is 5.91 Å². The van der Waals surface area contributed by atoms with E-state index in [2.05, 4.69) is 21.2 Å². The predicted octanol–water partition coefficient (Wildman–Crippen LogP) is 3.98. The van der Waals surface area contributed by atoms with Crippen LogP contribution in [-0.2, 0) is 19.7 Å². The second-order valence-electron chi connectivity index (χ2n) is 6.59. The van der Waals surface area contributed by atoms with Gasteiger partial charge in [0.25, 0.3) is 0 Å². The molecule has 1 aliphatic carbocycles. The molecule has 138 valence electrons. The number of hydrogen-bond acceptors (Lipinski definition) is 4. The highest BCUT2D eigenvalue weighted by atomic mass is 79.9. The van der Waals surface area contributed by atoms with Crippen molar-refractivity contribution in [2.45, 2.75) is 12.3 Å². The van der Waals surface area contributed by atoms with Crippen LogP contribution < -0.4 is 5.32 Å². The molecular weight excluding hydrogens is 434 g/mol. The SMILES string of the molecule is CCOC(=O)[C@H]1[C@H](C(=O)c2ccc(Cl)cc2)C12C(=O)Nc1ccc(Br)cc12. The van der Waals surface area contributed by atoms with E-state index < -0.39 is 23.2 Å². The van der Waals surface area contributed by atoms with Gasteiger partial charge in [0.05, 0.1) is 18.4 Å². The van der Waals surface area contributed by atoms with E-state index in [0.717, 1.165) is 4.47 Å². The lowest BCUT2D eigenvalue weighted by atomic mass is 9.91. The van der Waals surface area contributed by atoms with Crippen molar-refractivity contribution < 1.29 is 19.1 Å². The first-order valence-corrected chi connectivity index (χ1v) is 9.66. The molecule has 3 atom stereocenters. The molecule has 27 heavy (non-hydrogen) atoms. The van der Waals surface area contributed by atoms with Gasteiger partial charge < -0.3 is 10.1 Å². The normalized spacial score (nSPS) is 25.1. The molecule has 2 aliphatic rings. The van der Waals surface area contributed by atoms with Crippen LogP contribution in [0.5, 0.6) is 0 Å². The Morgan fingerprint density at radius 3 is 2.56 bits per heavy atom. The van der Waals surface area contributed by atoms with Gasteiger partial charge in [0.1, 0.15) is 5.41 Å². The lowest BCUT2D eigenvalue weighted by Crippen LogP contribution is -2.26. The molecule has 0 radical (unpaired) electrons. The van der Waals surface area contributed by atoms with Crippen LogP contribution in [0.1, 0.15) is 22.8 Å². The lowest BCUT2D eigenvalue weighted by molar-refractivity contribution is -0.146. The Morgan fingerprint density at radius 1 is 1.19 bits per heavy atom. The number of amides is 1. The standard InChI is InChI=1S/C20H15BrClNO4/c1-2-27-18(25)16-15(17(24)10-3-6-12(22)7-4-10)20(16)13-9-11(21)5-8-14(13)23-19(20)26/h3-9,15-16H,2H2,1H3,(H,23,26)/t15-,16-,20?/m1/s1. The van der Waals surface area contributed by atoms with E-state index >= 15 is 0 Å². The molecule has 4 rings (SSSR count). The van der Waals surface area contributed by atoms with Crippen LogP contribution in [0.25, 0.3) is 0 Å². The van der Waals surface area contributed by atoms with E-state index in [-0.39, 0.29) is 18.3 Å². The van der Waals surface area contributed by atoms with Gasteiger partial charge in [0, 0.05) is 20.7 Å². The molecular formula is C20H15BrClNO4. The second-order valence-corrected chi connectivity index (χ2v) is 7.94. The van der Waals surface area contributed by atoms with E-state index in [9.17, 15) is 14.4 Å². The number of ether oxygens (including phenoxy) is 1. The zero-order valence-corrected chi connectivity index (χ0v) is 16.6. The molecule has 1 saturated carbocycles. The zero-order valence-electron chi connectivity index (χ0n) is 14.3. The van der Waals surface area contributed by atoms with Crippen molar-refractivity contribution in [1.82, 2.24) is 0 Å². The highest BCUT2D eigenvalue weighted by Crippen LogP contribution is 2.66. The van der Waals surface area contributed by atoms with Crippen molar-refractivity contribution in [1.29, 1.82) is 0 Å². The average molecular weight is 449 g/mol. The van der Waals surface area contributed by atoms with Crippen LogP contribution in [0.4, 0.5) is 5.69 Å². The second kappa shape index (κ2) is 6.46. The van der Waals surface area contributed by atoms with Crippen LogP contribution in [0.2, 0.25) is 5.02 Å². The lowest BCUT2D eigenvalue weighted by Gasteiger charge is -2.09. The maximum atomic E-state index is 13.2. The Bertz CT molecular complexity index is 974. The van der Waals surface area contributed by atoms with Crippen LogP contribution in [0.15, 0.2) is 46.9 Å². The number of rotatable bonds is 4. The molecule has 1 spiro atoms. The minimum Gasteiger partial charge on any atom is -0.466 e. The van der Waals surface area contributed by atoms with Crippen molar-refractivity contribution in [3.05, 3.63) is 63.1 Å². The maximum Gasteiger partial charge on any atom is 0.311 e. The predicted molar refractivity (Wildman–Crippen MR) is 104 cm³/mol. The van der Waals surface area contributed by atoms with E-state index in [1.54, 1.807) is 49.4 Å². The topological polar surface area (TPSA) is 72.5 Å². The Hall–Kier alpha value is -2.18. The number of fused-ring (bicyclic) bond motifs is 2. The molecule has 7 heteroatoms. The number of benzene rings is 2. The molecule has 1 heterocycles. The summed E-state index contributed by atoms with van der Waals surface area (Å²) in [6.07, 6.45) is 0. The van der Waals surface area contributed by atoms with Gasteiger partial charge >= 0.3 is 5.97 Å². The van der Waals surface area contributed by atoms with Crippen LogP contribution in [0.3, 0.4) is 0 Å². The third kappa shape index (κ3) is 2.62. The smallest absolute Gasteiger partial charge is 0.311 e. The highest BCUT2D eigenvalue weighted by Gasteiger charge is 2.79. The summed E-state index contributed by atoms with van der Waals surface area (Å²) in [5.74, 6) is -2.81. The zero-order chi connectivity index (χ0) is 19.3. The van der Waals surface area contributed by atoms with E-state index in [0.29, 0.717) is 21.8 Å². The molecule has 2 aromatic rings. The molecule has 1 unspecified atom stereocenters. The van der Waals surface area contributed by atoms with Crippen LogP contribution >= 0.6 is 27.5 Å². The monoisotopic (exact) mass is 447 g/mol. The highest BCUT2D eigenvalue weighted by molar-refractivity contribution is 9.10. The number of carbonyl (C=O) groups is 3. The van der Waals surface area contributed by atoms with E-state index in [1.807, 2.05) is 0 Å². The number of hydrogen-bond donors (Lipinski definition) is 1. The summed E-state index contributed by atoms with van der Waals surface area (Å²) in [6, 6.07) is 11.8. The number of anilines is 1. The molecule has 0 saturated heterocycles. The minimum absolute atomic E-state index is 0.181. The fourth-order valence-electron chi connectivity index (χ4n) is 4.03. The molecule has 1 fully saturated rings. The summed E-state index contributed by atoms with van der Waals surface area (Å²) in [4.78, 5) is 38.8. The fourth-order valence-corrected chi connectivity index (χ4v) is 4.51.